The van der Waals surface area contributed by atoms with Crippen LogP contribution < -0.4 is 10.6 Å². The summed E-state index contributed by atoms with van der Waals surface area (Å²) in [6.07, 6.45) is 3.37. The number of amides is 2. The fraction of sp³-hybridized carbons (Fsp3) is 0.647. The molecule has 1 aromatic heterocycles. The minimum Gasteiger partial charge on any atom is -0.381 e. The van der Waals surface area contributed by atoms with Gasteiger partial charge < -0.3 is 15.4 Å². The number of nitrogens with one attached hydrogen (secondary N) is 2. The van der Waals surface area contributed by atoms with E-state index in [4.69, 9.17) is 4.74 Å². The zero-order chi connectivity index (χ0) is 16.7. The lowest BCUT2D eigenvalue weighted by molar-refractivity contribution is -0.124. The van der Waals surface area contributed by atoms with Gasteiger partial charge in [0, 0.05) is 19.8 Å². The van der Waals surface area contributed by atoms with Crippen molar-refractivity contribution in [3.05, 3.63) is 22.4 Å². The van der Waals surface area contributed by atoms with Crippen molar-refractivity contribution in [2.24, 2.45) is 11.8 Å². The van der Waals surface area contributed by atoms with E-state index >= 15 is 0 Å². The Labute approximate surface area is 141 Å². The molecule has 1 aromatic rings. The molecule has 0 saturated heterocycles. The molecule has 128 valence electrons. The molecular formula is C17H26N2O3S. The van der Waals surface area contributed by atoms with E-state index in [9.17, 15) is 9.59 Å². The second-order valence-electron chi connectivity index (χ2n) is 6.34. The molecule has 0 aliphatic heterocycles. The van der Waals surface area contributed by atoms with Gasteiger partial charge in [-0.05, 0) is 42.5 Å². The van der Waals surface area contributed by atoms with Crippen LogP contribution in [-0.4, -0.2) is 37.6 Å². The van der Waals surface area contributed by atoms with Crippen LogP contribution in [0.25, 0.3) is 0 Å². The molecule has 1 atom stereocenters. The number of carbonyl (C=O) groups is 2. The fourth-order valence-electron chi connectivity index (χ4n) is 2.19. The van der Waals surface area contributed by atoms with Gasteiger partial charge in [-0.2, -0.15) is 0 Å². The van der Waals surface area contributed by atoms with E-state index in [1.807, 2.05) is 25.3 Å². The van der Waals surface area contributed by atoms with Crippen molar-refractivity contribution >= 4 is 23.2 Å². The predicted molar refractivity (Wildman–Crippen MR) is 91.6 cm³/mol. The van der Waals surface area contributed by atoms with Gasteiger partial charge in [0.1, 0.15) is 6.04 Å². The molecule has 6 heteroatoms. The summed E-state index contributed by atoms with van der Waals surface area (Å²) in [6.45, 7) is 5.95. The predicted octanol–water partition coefficient (Wildman–Crippen LogP) is 2.44. The van der Waals surface area contributed by atoms with Gasteiger partial charge in [-0.15, -0.1) is 11.3 Å². The maximum absolute atomic E-state index is 12.3. The fourth-order valence-corrected chi connectivity index (χ4v) is 2.81. The Morgan fingerprint density at radius 3 is 2.78 bits per heavy atom. The molecule has 2 N–H and O–H groups in total. The van der Waals surface area contributed by atoms with Gasteiger partial charge in [0.15, 0.2) is 0 Å². The van der Waals surface area contributed by atoms with E-state index in [1.54, 1.807) is 6.07 Å². The smallest absolute Gasteiger partial charge is 0.262 e. The highest BCUT2D eigenvalue weighted by molar-refractivity contribution is 7.12. The Morgan fingerprint density at radius 1 is 1.39 bits per heavy atom. The first-order valence-corrected chi connectivity index (χ1v) is 9.15. The van der Waals surface area contributed by atoms with Crippen LogP contribution in [0.4, 0.5) is 0 Å². The highest BCUT2D eigenvalue weighted by Crippen LogP contribution is 2.28. The van der Waals surface area contributed by atoms with E-state index < -0.39 is 6.04 Å². The maximum Gasteiger partial charge on any atom is 0.262 e. The van der Waals surface area contributed by atoms with Gasteiger partial charge in [-0.3, -0.25) is 9.59 Å². The van der Waals surface area contributed by atoms with Crippen LogP contribution in [0.1, 0.15) is 42.8 Å². The van der Waals surface area contributed by atoms with Crippen LogP contribution in [0.3, 0.4) is 0 Å². The zero-order valence-corrected chi connectivity index (χ0v) is 14.7. The van der Waals surface area contributed by atoms with Crippen LogP contribution in [-0.2, 0) is 9.53 Å². The van der Waals surface area contributed by atoms with Crippen molar-refractivity contribution in [1.29, 1.82) is 0 Å². The third-order valence-electron chi connectivity index (χ3n) is 3.80. The molecule has 1 unspecified atom stereocenters. The van der Waals surface area contributed by atoms with Crippen molar-refractivity contribution in [2.75, 3.05) is 19.8 Å². The van der Waals surface area contributed by atoms with Gasteiger partial charge in [-0.25, -0.2) is 0 Å². The van der Waals surface area contributed by atoms with Crippen LogP contribution in [0, 0.1) is 11.8 Å². The molecule has 0 bridgehead atoms. The third-order valence-corrected chi connectivity index (χ3v) is 4.66. The molecule has 0 spiro atoms. The number of ether oxygens (including phenoxy) is 1. The lowest BCUT2D eigenvalue weighted by atomic mass is 10.0. The van der Waals surface area contributed by atoms with Crippen LogP contribution >= 0.6 is 11.3 Å². The van der Waals surface area contributed by atoms with Gasteiger partial charge >= 0.3 is 0 Å². The number of rotatable bonds is 10. The molecule has 1 heterocycles. The molecule has 1 fully saturated rings. The summed E-state index contributed by atoms with van der Waals surface area (Å²) in [5.41, 5.74) is 0. The summed E-state index contributed by atoms with van der Waals surface area (Å²) in [7, 11) is 0. The molecule has 1 saturated carbocycles. The van der Waals surface area contributed by atoms with E-state index in [0.29, 0.717) is 18.0 Å². The molecule has 2 rings (SSSR count). The molecule has 2 amide bonds. The minimum absolute atomic E-state index is 0.0324. The highest BCUT2D eigenvalue weighted by Gasteiger charge is 2.24. The van der Waals surface area contributed by atoms with E-state index in [1.165, 1.54) is 24.2 Å². The minimum atomic E-state index is -0.517. The van der Waals surface area contributed by atoms with Gasteiger partial charge in [0.05, 0.1) is 4.88 Å². The third kappa shape index (κ3) is 6.31. The quantitative estimate of drug-likeness (QED) is 0.644. The second-order valence-corrected chi connectivity index (χ2v) is 7.28. The highest BCUT2D eigenvalue weighted by atomic mass is 32.1. The Morgan fingerprint density at radius 2 is 2.17 bits per heavy atom. The number of thiophene rings is 1. The van der Waals surface area contributed by atoms with Crippen LogP contribution in [0.2, 0.25) is 0 Å². The molecule has 1 aliphatic rings. The largest absolute Gasteiger partial charge is 0.381 e. The molecule has 0 aromatic carbocycles. The topological polar surface area (TPSA) is 67.4 Å². The van der Waals surface area contributed by atoms with E-state index in [0.717, 1.165) is 18.9 Å². The maximum atomic E-state index is 12.3. The molecule has 5 nitrogen and oxygen atoms in total. The van der Waals surface area contributed by atoms with E-state index in [2.05, 4.69) is 10.6 Å². The van der Waals surface area contributed by atoms with Crippen molar-refractivity contribution in [3.63, 3.8) is 0 Å². The van der Waals surface area contributed by atoms with Gasteiger partial charge in [0.2, 0.25) is 5.91 Å². The Balaban J connectivity index is 1.68. The van der Waals surface area contributed by atoms with Gasteiger partial charge in [-0.1, -0.05) is 19.9 Å². The molecule has 23 heavy (non-hydrogen) atoms. The number of hydrogen-bond acceptors (Lipinski definition) is 4. The lowest BCUT2D eigenvalue weighted by Crippen LogP contribution is -2.49. The normalized spacial score (nSPS) is 15.4. The monoisotopic (exact) mass is 338 g/mol. The summed E-state index contributed by atoms with van der Waals surface area (Å²) < 4.78 is 5.54. The number of carbonyl (C=O) groups excluding carboxylic acids is 2. The molecule has 0 radical (unpaired) electrons. The Kier molecular flexibility index (Phi) is 7.05. The zero-order valence-electron chi connectivity index (χ0n) is 13.8. The first-order valence-electron chi connectivity index (χ1n) is 8.27. The first kappa shape index (κ1) is 17.9. The molecule has 1 aliphatic carbocycles. The SMILES string of the molecule is CC(C)C(NC(=O)c1cccs1)C(=O)NCCCOCC1CC1. The van der Waals surface area contributed by atoms with Crippen LogP contribution in [0.15, 0.2) is 17.5 Å². The first-order chi connectivity index (χ1) is 11.1. The number of hydrogen-bond donors (Lipinski definition) is 2. The molecular weight excluding hydrogens is 312 g/mol. The van der Waals surface area contributed by atoms with Crippen molar-refractivity contribution in [3.8, 4) is 0 Å². The van der Waals surface area contributed by atoms with Crippen molar-refractivity contribution in [1.82, 2.24) is 10.6 Å². The average Bonchev–Trinajstić information content (AvgIpc) is 3.17. The van der Waals surface area contributed by atoms with Crippen molar-refractivity contribution < 1.29 is 14.3 Å². The Hall–Kier alpha value is -1.40. The van der Waals surface area contributed by atoms with Crippen molar-refractivity contribution in [2.45, 2.75) is 39.2 Å². The van der Waals surface area contributed by atoms with Gasteiger partial charge in [0.25, 0.3) is 5.91 Å². The summed E-state index contributed by atoms with van der Waals surface area (Å²) in [6, 6.07) is 3.06. The standard InChI is InChI=1S/C17H26N2O3S/c1-12(2)15(19-16(20)14-5-3-10-23-14)17(21)18-8-4-9-22-11-13-6-7-13/h3,5,10,12-13,15H,4,6-9,11H2,1-2H3,(H,18,21)(H,19,20). The summed E-state index contributed by atoms with van der Waals surface area (Å²) in [5, 5.41) is 7.56. The second kappa shape index (κ2) is 9.03. The Bertz CT molecular complexity index is 498. The summed E-state index contributed by atoms with van der Waals surface area (Å²) in [5.74, 6) is 0.473. The average molecular weight is 338 g/mol. The lowest BCUT2D eigenvalue weighted by Gasteiger charge is -2.21. The summed E-state index contributed by atoms with van der Waals surface area (Å²) >= 11 is 1.37. The summed E-state index contributed by atoms with van der Waals surface area (Å²) in [4.78, 5) is 25.0. The van der Waals surface area contributed by atoms with E-state index in [-0.39, 0.29) is 17.7 Å². The van der Waals surface area contributed by atoms with Crippen LogP contribution in [0.5, 0.6) is 0 Å².